The lowest BCUT2D eigenvalue weighted by molar-refractivity contribution is 0.367. The minimum atomic E-state index is -0.0297. The molecule has 0 aromatic rings. The Hall–Kier alpha value is 0.611. The van der Waals surface area contributed by atoms with E-state index in [1.165, 1.54) is 6.04 Å². The Bertz CT molecular complexity index is 62.3. The van der Waals surface area contributed by atoms with Gasteiger partial charge in [0.25, 0.3) is 0 Å². The summed E-state index contributed by atoms with van der Waals surface area (Å²) in [6, 6.07) is 3.10. The van der Waals surface area contributed by atoms with Crippen LogP contribution in [0.3, 0.4) is 0 Å². The van der Waals surface area contributed by atoms with E-state index in [4.69, 9.17) is 4.43 Å². The number of rotatable bonds is 1. The highest BCUT2D eigenvalue weighted by Crippen LogP contribution is 2.01. The second-order valence-corrected chi connectivity index (χ2v) is 18.6. The molecule has 0 N–H and O–H groups in total. The third kappa shape index (κ3) is 1.85. The fourth-order valence-corrected chi connectivity index (χ4v) is 19.4. The molecule has 0 amide bonds. The molecule has 48 valence electrons. The van der Waals surface area contributed by atoms with Gasteiger partial charge in [-0.15, -0.1) is 0 Å². The monoisotopic (exact) mass is 162 g/mol. The van der Waals surface area contributed by atoms with E-state index in [1.54, 1.807) is 6.04 Å². The second-order valence-electron chi connectivity index (χ2n) is 2.46. The number of hydrogen-bond donors (Lipinski definition) is 0. The molecule has 4 heteroatoms. The zero-order valence-corrected chi connectivity index (χ0v) is 9.50. The van der Waals surface area contributed by atoms with Crippen molar-refractivity contribution in [1.29, 1.82) is 0 Å². The van der Waals surface area contributed by atoms with Crippen LogP contribution in [-0.2, 0) is 4.43 Å². The predicted octanol–water partition coefficient (Wildman–Crippen LogP) is -1.07. The van der Waals surface area contributed by atoms with Crippen molar-refractivity contribution in [2.24, 2.45) is 0 Å². The zero-order valence-electron chi connectivity index (χ0n) is 5.52. The highest BCUT2D eigenvalue weighted by Gasteiger charge is 2.12. The van der Waals surface area contributed by atoms with E-state index in [1.807, 2.05) is 0 Å². The quantitative estimate of drug-likeness (QED) is 0.446. The third-order valence-corrected chi connectivity index (χ3v) is 22.2. The summed E-state index contributed by atoms with van der Waals surface area (Å²) in [4.78, 5) is 0. The van der Waals surface area contributed by atoms with Gasteiger partial charge in [0.1, 0.15) is 9.28 Å². The van der Waals surface area contributed by atoms with Crippen molar-refractivity contribution in [2.45, 2.75) is 19.0 Å². The van der Waals surface area contributed by atoms with Gasteiger partial charge in [-0.2, -0.15) is 0 Å². The molecule has 1 saturated heterocycles. The average molecular weight is 162 g/mol. The lowest BCUT2D eigenvalue weighted by Crippen LogP contribution is -2.34. The van der Waals surface area contributed by atoms with E-state index >= 15 is 0 Å². The zero-order chi connectivity index (χ0) is 5.82. The van der Waals surface area contributed by atoms with Crippen LogP contribution in [0, 0.1) is 0 Å². The van der Waals surface area contributed by atoms with E-state index in [0.717, 1.165) is 6.61 Å². The summed E-state index contributed by atoms with van der Waals surface area (Å²) in [5.41, 5.74) is 0. The van der Waals surface area contributed by atoms with Crippen LogP contribution in [0.5, 0.6) is 0 Å². The standard InChI is InChI=1S/C4H14OSi3/c1-2-8-4-3-5-6-7-8/h8H,2-4,6-7H2,1H3. The van der Waals surface area contributed by atoms with Crippen LogP contribution in [0.4, 0.5) is 0 Å². The Kier molecular flexibility index (Phi) is 3.03. The van der Waals surface area contributed by atoms with Crippen molar-refractivity contribution in [3.8, 4) is 0 Å². The Morgan fingerprint density at radius 2 is 2.62 bits per heavy atom. The fourth-order valence-electron chi connectivity index (χ4n) is 1.15. The maximum Gasteiger partial charge on any atom is 0.140 e. The maximum absolute atomic E-state index is 5.44. The summed E-state index contributed by atoms with van der Waals surface area (Å²) < 4.78 is 5.44. The average Bonchev–Trinajstić information content (AvgIpc) is 1.90. The predicted molar refractivity (Wildman–Crippen MR) is 45.5 cm³/mol. The van der Waals surface area contributed by atoms with Crippen LogP contribution < -0.4 is 0 Å². The minimum absolute atomic E-state index is 0.0297. The van der Waals surface area contributed by atoms with Crippen molar-refractivity contribution in [1.82, 2.24) is 0 Å². The normalized spacial score (nSPS) is 36.4. The van der Waals surface area contributed by atoms with Gasteiger partial charge in [0, 0.05) is 23.5 Å². The number of hydrogen-bond acceptors (Lipinski definition) is 1. The van der Waals surface area contributed by atoms with Crippen LogP contribution >= 0.6 is 0 Å². The molecule has 0 aliphatic carbocycles. The van der Waals surface area contributed by atoms with Crippen molar-refractivity contribution in [2.75, 3.05) is 6.61 Å². The van der Waals surface area contributed by atoms with E-state index in [-0.39, 0.29) is 17.6 Å². The van der Waals surface area contributed by atoms with Crippen molar-refractivity contribution in [3.63, 3.8) is 0 Å². The summed E-state index contributed by atoms with van der Waals surface area (Å²) in [5.74, 6) is 0. The van der Waals surface area contributed by atoms with Crippen molar-refractivity contribution in [3.05, 3.63) is 0 Å². The first-order chi connectivity index (χ1) is 3.93. The molecule has 1 rings (SSSR count). The van der Waals surface area contributed by atoms with Crippen molar-refractivity contribution < 1.29 is 4.43 Å². The molecule has 1 unspecified atom stereocenters. The molecule has 1 aliphatic rings. The van der Waals surface area contributed by atoms with Gasteiger partial charge in [0.05, 0.1) is 0 Å². The highest BCUT2D eigenvalue weighted by molar-refractivity contribution is 7.35. The van der Waals surface area contributed by atoms with Gasteiger partial charge >= 0.3 is 0 Å². The first-order valence-corrected chi connectivity index (χ1v) is 13.0. The van der Waals surface area contributed by atoms with Gasteiger partial charge in [-0.25, -0.2) is 0 Å². The molecular formula is C4H14OSi3. The van der Waals surface area contributed by atoms with Gasteiger partial charge < -0.3 is 4.43 Å². The molecule has 0 saturated carbocycles. The molecule has 0 aromatic heterocycles. The molecular weight excluding hydrogens is 148 g/mol. The first kappa shape index (κ1) is 6.73. The fraction of sp³-hybridized carbons (Fsp3) is 1.00. The Balaban J connectivity index is 2.13. The topological polar surface area (TPSA) is 9.23 Å². The van der Waals surface area contributed by atoms with Crippen molar-refractivity contribution >= 4 is 26.1 Å². The van der Waals surface area contributed by atoms with Crippen LogP contribution in [0.2, 0.25) is 12.1 Å². The molecule has 1 fully saturated rings. The molecule has 1 heterocycles. The molecule has 0 aromatic carbocycles. The third-order valence-electron chi connectivity index (χ3n) is 1.92. The van der Waals surface area contributed by atoms with Crippen LogP contribution in [-0.4, -0.2) is 32.8 Å². The van der Waals surface area contributed by atoms with Crippen LogP contribution in [0.25, 0.3) is 0 Å². The minimum Gasteiger partial charge on any atom is -0.428 e. The van der Waals surface area contributed by atoms with Crippen LogP contribution in [0.1, 0.15) is 6.92 Å². The summed E-state index contributed by atoms with van der Waals surface area (Å²) in [7, 11) is 0.599. The van der Waals surface area contributed by atoms with E-state index in [9.17, 15) is 0 Å². The molecule has 1 nitrogen and oxygen atoms in total. The molecule has 0 radical (unpaired) electrons. The van der Waals surface area contributed by atoms with E-state index in [2.05, 4.69) is 6.92 Å². The Morgan fingerprint density at radius 1 is 1.75 bits per heavy atom. The van der Waals surface area contributed by atoms with Gasteiger partial charge in [0.15, 0.2) is 0 Å². The maximum atomic E-state index is 5.44. The SMILES string of the molecule is CC[SiH]1CCO[SiH2][SiH2]1. The first-order valence-electron chi connectivity index (χ1n) is 3.51. The Morgan fingerprint density at radius 3 is 3.00 bits per heavy atom. The second kappa shape index (κ2) is 3.60. The highest BCUT2D eigenvalue weighted by atomic mass is 29.5. The van der Waals surface area contributed by atoms with E-state index in [0.29, 0.717) is 8.55 Å². The smallest absolute Gasteiger partial charge is 0.140 e. The lowest BCUT2D eigenvalue weighted by Gasteiger charge is -2.17. The summed E-state index contributed by atoms with van der Waals surface area (Å²) in [6.45, 7) is 3.54. The molecule has 0 bridgehead atoms. The summed E-state index contributed by atoms with van der Waals surface area (Å²) in [5, 5.41) is 0. The summed E-state index contributed by atoms with van der Waals surface area (Å²) in [6.07, 6.45) is 0. The Labute approximate surface area is 56.8 Å². The molecule has 0 spiro atoms. The lowest BCUT2D eigenvalue weighted by atomic mass is 10.9. The van der Waals surface area contributed by atoms with Gasteiger partial charge in [-0.1, -0.05) is 13.0 Å². The summed E-state index contributed by atoms with van der Waals surface area (Å²) >= 11 is 0. The molecule has 8 heavy (non-hydrogen) atoms. The van der Waals surface area contributed by atoms with Gasteiger partial charge in [0.2, 0.25) is 0 Å². The van der Waals surface area contributed by atoms with Gasteiger partial charge in [-0.3, -0.25) is 0 Å². The largest absolute Gasteiger partial charge is 0.428 e. The molecule has 1 atom stereocenters. The van der Waals surface area contributed by atoms with Crippen LogP contribution in [0.15, 0.2) is 0 Å². The van der Waals surface area contributed by atoms with E-state index < -0.39 is 0 Å². The van der Waals surface area contributed by atoms with Gasteiger partial charge in [-0.05, 0) is 6.04 Å². The molecule has 1 aliphatic heterocycles.